The molecule has 19 heavy (non-hydrogen) atoms. The summed E-state index contributed by atoms with van der Waals surface area (Å²) in [5, 5.41) is 0.854. The van der Waals surface area contributed by atoms with Gasteiger partial charge in [0.15, 0.2) is 5.82 Å². The van der Waals surface area contributed by atoms with Crippen LogP contribution in [0.3, 0.4) is 0 Å². The van der Waals surface area contributed by atoms with E-state index in [2.05, 4.69) is 14.3 Å². The molecule has 1 aliphatic heterocycles. The standard InChI is InChI=1S/C12H19N3O3S/c1-8(17-2)10-13-12(19-14-10)15-6-4-5-9(7-15)11(16)18-3/h8-9H,4-7H2,1-3H3. The van der Waals surface area contributed by atoms with Gasteiger partial charge >= 0.3 is 5.97 Å². The van der Waals surface area contributed by atoms with E-state index >= 15 is 0 Å². The molecule has 0 radical (unpaired) electrons. The van der Waals surface area contributed by atoms with Crippen molar-refractivity contribution < 1.29 is 14.3 Å². The summed E-state index contributed by atoms with van der Waals surface area (Å²) in [6, 6.07) is 0. The summed E-state index contributed by atoms with van der Waals surface area (Å²) >= 11 is 1.35. The first kappa shape index (κ1) is 14.2. The minimum absolute atomic E-state index is 0.0639. The average molecular weight is 285 g/mol. The second-order valence-corrected chi connectivity index (χ2v) is 5.35. The number of esters is 1. The number of carbonyl (C=O) groups excluding carboxylic acids is 1. The summed E-state index contributed by atoms with van der Waals surface area (Å²) in [7, 11) is 3.07. The first-order chi connectivity index (χ1) is 9.15. The molecule has 0 aliphatic carbocycles. The van der Waals surface area contributed by atoms with Gasteiger partial charge in [-0.15, -0.1) is 0 Å². The predicted molar refractivity (Wildman–Crippen MR) is 72.3 cm³/mol. The van der Waals surface area contributed by atoms with Crippen LogP contribution in [0, 0.1) is 5.92 Å². The van der Waals surface area contributed by atoms with Crippen LogP contribution in [0.4, 0.5) is 5.13 Å². The molecule has 1 aromatic heterocycles. The fraction of sp³-hybridized carbons (Fsp3) is 0.750. The largest absolute Gasteiger partial charge is 0.469 e. The number of anilines is 1. The molecule has 2 rings (SSSR count). The van der Waals surface area contributed by atoms with Crippen molar-refractivity contribution in [2.75, 3.05) is 32.2 Å². The molecule has 0 bridgehead atoms. The number of piperidine rings is 1. The van der Waals surface area contributed by atoms with Crippen LogP contribution in [-0.2, 0) is 14.3 Å². The van der Waals surface area contributed by atoms with Crippen molar-refractivity contribution in [2.24, 2.45) is 5.92 Å². The summed E-state index contributed by atoms with van der Waals surface area (Å²) in [6.45, 7) is 3.48. The molecule has 0 aromatic carbocycles. The minimum Gasteiger partial charge on any atom is -0.469 e. The zero-order valence-electron chi connectivity index (χ0n) is 11.5. The van der Waals surface area contributed by atoms with E-state index in [4.69, 9.17) is 9.47 Å². The summed E-state index contributed by atoms with van der Waals surface area (Å²) in [5.41, 5.74) is 0. The third kappa shape index (κ3) is 3.22. The second-order valence-electron chi connectivity index (χ2n) is 4.62. The van der Waals surface area contributed by atoms with Crippen LogP contribution in [0.25, 0.3) is 0 Å². The Hall–Kier alpha value is -1.21. The summed E-state index contributed by atoms with van der Waals surface area (Å²) in [6.07, 6.45) is 1.74. The number of nitrogens with zero attached hydrogens (tertiary/aromatic N) is 3. The Morgan fingerprint density at radius 2 is 2.32 bits per heavy atom. The molecule has 0 spiro atoms. The van der Waals surface area contributed by atoms with Gasteiger partial charge in [-0.3, -0.25) is 4.79 Å². The Morgan fingerprint density at radius 1 is 1.53 bits per heavy atom. The molecule has 1 aromatic rings. The van der Waals surface area contributed by atoms with Crippen molar-refractivity contribution in [1.82, 2.24) is 9.36 Å². The molecule has 2 unspecified atom stereocenters. The van der Waals surface area contributed by atoms with Crippen LogP contribution in [0.5, 0.6) is 0 Å². The van der Waals surface area contributed by atoms with Gasteiger partial charge in [0.2, 0.25) is 5.13 Å². The Balaban J connectivity index is 2.05. The highest BCUT2D eigenvalue weighted by Crippen LogP contribution is 2.27. The molecule has 2 heterocycles. The molecule has 6 nitrogen and oxygen atoms in total. The maximum absolute atomic E-state index is 11.6. The Bertz CT molecular complexity index is 438. The smallest absolute Gasteiger partial charge is 0.310 e. The minimum atomic E-state index is -0.139. The van der Waals surface area contributed by atoms with Gasteiger partial charge in [-0.1, -0.05) is 0 Å². The molecular formula is C12H19N3O3S. The molecule has 0 saturated carbocycles. The highest BCUT2D eigenvalue weighted by atomic mass is 32.1. The van der Waals surface area contributed by atoms with Crippen LogP contribution in [-0.4, -0.2) is 42.6 Å². The van der Waals surface area contributed by atoms with E-state index in [0.717, 1.165) is 24.5 Å². The Morgan fingerprint density at radius 3 is 3.00 bits per heavy atom. The maximum Gasteiger partial charge on any atom is 0.310 e. The first-order valence-electron chi connectivity index (χ1n) is 6.35. The van der Waals surface area contributed by atoms with Gasteiger partial charge in [0, 0.05) is 31.7 Å². The molecule has 1 saturated heterocycles. The van der Waals surface area contributed by atoms with Gasteiger partial charge in [-0.25, -0.2) is 4.98 Å². The van der Waals surface area contributed by atoms with Crippen molar-refractivity contribution in [3.05, 3.63) is 5.82 Å². The number of rotatable bonds is 4. The molecule has 1 aliphatic rings. The number of aromatic nitrogens is 2. The third-order valence-corrected chi connectivity index (χ3v) is 4.17. The van der Waals surface area contributed by atoms with Crippen molar-refractivity contribution in [1.29, 1.82) is 0 Å². The van der Waals surface area contributed by atoms with Crippen LogP contribution < -0.4 is 4.90 Å². The number of hydrogen-bond acceptors (Lipinski definition) is 7. The fourth-order valence-corrected chi connectivity index (χ4v) is 2.92. The Labute approximate surface area is 116 Å². The van der Waals surface area contributed by atoms with Crippen molar-refractivity contribution >= 4 is 22.6 Å². The van der Waals surface area contributed by atoms with E-state index < -0.39 is 0 Å². The van der Waals surface area contributed by atoms with Crippen LogP contribution in [0.1, 0.15) is 31.7 Å². The highest BCUT2D eigenvalue weighted by Gasteiger charge is 2.28. The van der Waals surface area contributed by atoms with E-state index in [1.807, 2.05) is 6.92 Å². The second kappa shape index (κ2) is 6.29. The van der Waals surface area contributed by atoms with E-state index in [0.29, 0.717) is 12.4 Å². The zero-order valence-corrected chi connectivity index (χ0v) is 12.3. The third-order valence-electron chi connectivity index (χ3n) is 3.37. The number of ether oxygens (including phenoxy) is 2. The lowest BCUT2D eigenvalue weighted by atomic mass is 9.99. The van der Waals surface area contributed by atoms with Gasteiger partial charge < -0.3 is 14.4 Å². The van der Waals surface area contributed by atoms with Gasteiger partial charge in [0.05, 0.1) is 13.0 Å². The van der Waals surface area contributed by atoms with Gasteiger partial charge in [-0.2, -0.15) is 4.37 Å². The fourth-order valence-electron chi connectivity index (χ4n) is 2.14. The normalized spacial score (nSPS) is 21.2. The molecule has 106 valence electrons. The van der Waals surface area contributed by atoms with Crippen LogP contribution >= 0.6 is 11.5 Å². The quantitative estimate of drug-likeness (QED) is 0.784. The molecule has 7 heteroatoms. The van der Waals surface area contributed by atoms with Gasteiger partial charge in [0.25, 0.3) is 0 Å². The molecular weight excluding hydrogens is 266 g/mol. The monoisotopic (exact) mass is 285 g/mol. The summed E-state index contributed by atoms with van der Waals surface area (Å²) in [5.74, 6) is 0.494. The van der Waals surface area contributed by atoms with Gasteiger partial charge in [0.1, 0.15) is 6.10 Å². The van der Waals surface area contributed by atoms with E-state index in [9.17, 15) is 4.79 Å². The summed E-state index contributed by atoms with van der Waals surface area (Å²) < 4.78 is 14.3. The number of carbonyl (C=O) groups is 1. The molecule has 0 amide bonds. The van der Waals surface area contributed by atoms with Crippen molar-refractivity contribution in [3.63, 3.8) is 0 Å². The molecule has 1 fully saturated rings. The van der Waals surface area contributed by atoms with Crippen molar-refractivity contribution in [2.45, 2.75) is 25.9 Å². The van der Waals surface area contributed by atoms with Crippen LogP contribution in [0.2, 0.25) is 0 Å². The van der Waals surface area contributed by atoms with E-state index in [1.54, 1.807) is 7.11 Å². The van der Waals surface area contributed by atoms with E-state index in [1.165, 1.54) is 18.6 Å². The van der Waals surface area contributed by atoms with Gasteiger partial charge in [-0.05, 0) is 19.8 Å². The zero-order chi connectivity index (χ0) is 13.8. The predicted octanol–water partition coefficient (Wildman–Crippen LogP) is 1.63. The lowest BCUT2D eigenvalue weighted by molar-refractivity contribution is -0.145. The number of methoxy groups -OCH3 is 2. The topological polar surface area (TPSA) is 64.5 Å². The highest BCUT2D eigenvalue weighted by molar-refractivity contribution is 7.09. The molecule has 2 atom stereocenters. The molecule has 0 N–H and O–H groups in total. The van der Waals surface area contributed by atoms with Crippen LogP contribution in [0.15, 0.2) is 0 Å². The Kier molecular flexibility index (Phi) is 4.71. The summed E-state index contributed by atoms with van der Waals surface area (Å²) in [4.78, 5) is 18.2. The maximum atomic E-state index is 11.6. The average Bonchev–Trinajstić information content (AvgIpc) is 2.95. The number of hydrogen-bond donors (Lipinski definition) is 0. The SMILES string of the molecule is COC(=O)C1CCCN(c2nc(C(C)OC)ns2)C1. The first-order valence-corrected chi connectivity index (χ1v) is 7.12. The lowest BCUT2D eigenvalue weighted by Crippen LogP contribution is -2.39. The van der Waals surface area contributed by atoms with E-state index in [-0.39, 0.29) is 18.0 Å². The lowest BCUT2D eigenvalue weighted by Gasteiger charge is -2.30. The van der Waals surface area contributed by atoms with Crippen molar-refractivity contribution in [3.8, 4) is 0 Å².